The first kappa shape index (κ1) is 15.2. The molecule has 0 spiro atoms. The van der Waals surface area contributed by atoms with E-state index in [4.69, 9.17) is 0 Å². The number of rotatable bonds is 3. The molecule has 2 rings (SSSR count). The lowest BCUT2D eigenvalue weighted by atomic mass is 10.1. The zero-order valence-electron chi connectivity index (χ0n) is 11.8. The Morgan fingerprint density at radius 1 is 1.24 bits per heavy atom. The molecule has 0 saturated heterocycles. The van der Waals surface area contributed by atoms with E-state index in [1.165, 1.54) is 24.5 Å². The van der Waals surface area contributed by atoms with Crippen molar-refractivity contribution in [3.63, 3.8) is 0 Å². The monoisotopic (exact) mass is 307 g/mol. The number of esters is 1. The molecule has 0 radical (unpaired) electrons. The van der Waals surface area contributed by atoms with Crippen molar-refractivity contribution in [1.82, 2.24) is 0 Å². The summed E-state index contributed by atoms with van der Waals surface area (Å²) in [7, 11) is 1.27. The number of ether oxygens (including phenoxy) is 1. The minimum Gasteiger partial charge on any atom is -0.465 e. The molecule has 0 unspecified atom stereocenters. The Labute approximate surface area is 125 Å². The molecule has 0 aliphatic rings. The second-order valence-corrected chi connectivity index (χ2v) is 5.38. The minimum absolute atomic E-state index is 0.0589. The maximum atomic E-state index is 14.0. The van der Waals surface area contributed by atoms with E-state index in [0.29, 0.717) is 11.3 Å². The third-order valence-corrected chi connectivity index (χ3v) is 4.10. The average Bonchev–Trinajstić information content (AvgIpc) is 2.82. The number of anilines is 1. The van der Waals surface area contributed by atoms with Crippen LogP contribution in [-0.2, 0) is 4.74 Å². The van der Waals surface area contributed by atoms with E-state index in [1.807, 2.05) is 0 Å². The van der Waals surface area contributed by atoms with Crippen LogP contribution in [0.25, 0.3) is 0 Å². The van der Waals surface area contributed by atoms with E-state index in [2.05, 4.69) is 10.1 Å². The van der Waals surface area contributed by atoms with Crippen molar-refractivity contribution in [1.29, 1.82) is 0 Å². The zero-order valence-corrected chi connectivity index (χ0v) is 12.6. The van der Waals surface area contributed by atoms with Crippen LogP contribution in [0.15, 0.2) is 23.6 Å². The first-order valence-electron chi connectivity index (χ1n) is 6.18. The summed E-state index contributed by atoms with van der Waals surface area (Å²) in [6.07, 6.45) is 0. The Morgan fingerprint density at radius 2 is 1.95 bits per heavy atom. The van der Waals surface area contributed by atoms with Gasteiger partial charge in [-0.3, -0.25) is 4.79 Å². The number of methoxy groups -OCH3 is 1. The maximum absolute atomic E-state index is 14.0. The van der Waals surface area contributed by atoms with Gasteiger partial charge in [-0.25, -0.2) is 9.18 Å². The number of nitrogens with one attached hydrogen (secondary N) is 1. The fourth-order valence-corrected chi connectivity index (χ4v) is 2.77. The summed E-state index contributed by atoms with van der Waals surface area (Å²) >= 11 is 1.17. The minimum atomic E-state index is -0.595. The third kappa shape index (κ3) is 2.95. The first-order valence-corrected chi connectivity index (χ1v) is 7.06. The largest absolute Gasteiger partial charge is 0.465 e. The smallest absolute Gasteiger partial charge is 0.350 e. The van der Waals surface area contributed by atoms with Gasteiger partial charge in [0.25, 0.3) is 5.91 Å². The molecule has 4 nitrogen and oxygen atoms in total. The summed E-state index contributed by atoms with van der Waals surface area (Å²) in [6, 6.07) is 4.59. The van der Waals surface area contributed by atoms with Crippen molar-refractivity contribution in [2.24, 2.45) is 0 Å². The molecular formula is C15H14FNO3S. The van der Waals surface area contributed by atoms with E-state index < -0.39 is 17.7 Å². The van der Waals surface area contributed by atoms with Gasteiger partial charge in [0.1, 0.15) is 10.7 Å². The molecule has 0 aliphatic carbocycles. The van der Waals surface area contributed by atoms with Gasteiger partial charge in [0.05, 0.1) is 18.4 Å². The molecule has 21 heavy (non-hydrogen) atoms. The summed E-state index contributed by atoms with van der Waals surface area (Å²) < 4.78 is 18.6. The zero-order chi connectivity index (χ0) is 15.6. The molecule has 0 fully saturated rings. The highest BCUT2D eigenvalue weighted by Gasteiger charge is 2.20. The Morgan fingerprint density at radius 3 is 2.62 bits per heavy atom. The maximum Gasteiger partial charge on any atom is 0.350 e. The lowest BCUT2D eigenvalue weighted by Crippen LogP contribution is -2.16. The van der Waals surface area contributed by atoms with Gasteiger partial charge in [-0.1, -0.05) is 12.1 Å². The van der Waals surface area contributed by atoms with Crippen molar-refractivity contribution in [2.75, 3.05) is 12.4 Å². The molecule has 110 valence electrons. The predicted octanol–water partition coefficient (Wildman–Crippen LogP) is 3.54. The van der Waals surface area contributed by atoms with E-state index in [9.17, 15) is 14.0 Å². The molecule has 0 saturated carbocycles. The molecule has 1 amide bonds. The van der Waals surface area contributed by atoms with Gasteiger partial charge in [-0.15, -0.1) is 11.3 Å². The van der Waals surface area contributed by atoms with E-state index >= 15 is 0 Å². The highest BCUT2D eigenvalue weighted by Crippen LogP contribution is 2.29. The highest BCUT2D eigenvalue weighted by molar-refractivity contribution is 7.12. The molecule has 0 bridgehead atoms. The van der Waals surface area contributed by atoms with Gasteiger partial charge in [-0.05, 0) is 36.4 Å². The quantitative estimate of drug-likeness (QED) is 0.882. The van der Waals surface area contributed by atoms with Crippen LogP contribution < -0.4 is 5.32 Å². The molecular weight excluding hydrogens is 293 g/mol. The number of benzene rings is 1. The predicted molar refractivity (Wildman–Crippen MR) is 79.5 cm³/mol. The summed E-state index contributed by atoms with van der Waals surface area (Å²) in [5.74, 6) is -1.70. The van der Waals surface area contributed by atoms with Gasteiger partial charge in [0.15, 0.2) is 0 Å². The summed E-state index contributed by atoms with van der Waals surface area (Å²) in [6.45, 7) is 3.34. The van der Waals surface area contributed by atoms with Crippen LogP contribution in [0.4, 0.5) is 10.1 Å². The lowest BCUT2D eigenvalue weighted by molar-refractivity contribution is 0.0607. The topological polar surface area (TPSA) is 55.4 Å². The second-order valence-electron chi connectivity index (χ2n) is 4.50. The number of amides is 1. The van der Waals surface area contributed by atoms with Gasteiger partial charge in [0, 0.05) is 0 Å². The van der Waals surface area contributed by atoms with Gasteiger partial charge >= 0.3 is 5.97 Å². The standard InChI is InChI=1S/C15H14FNO3S/c1-8-5-4-6-10(11(8)16)14(18)17-12-9(2)7-21-13(12)15(19)20-3/h4-7H,1-3H3,(H,17,18). The summed E-state index contributed by atoms with van der Waals surface area (Å²) in [5, 5.41) is 4.32. The van der Waals surface area contributed by atoms with Crippen LogP contribution in [0.5, 0.6) is 0 Å². The number of hydrogen-bond donors (Lipinski definition) is 1. The van der Waals surface area contributed by atoms with Crippen LogP contribution in [0.3, 0.4) is 0 Å². The Kier molecular flexibility index (Phi) is 4.37. The second kappa shape index (κ2) is 6.05. The van der Waals surface area contributed by atoms with Crippen molar-refractivity contribution >= 4 is 28.9 Å². The molecule has 6 heteroatoms. The number of thiophene rings is 1. The highest BCUT2D eigenvalue weighted by atomic mass is 32.1. The molecule has 1 N–H and O–H groups in total. The van der Waals surface area contributed by atoms with Crippen molar-refractivity contribution < 1.29 is 18.7 Å². The van der Waals surface area contributed by atoms with Gasteiger partial charge in [0.2, 0.25) is 0 Å². The summed E-state index contributed by atoms with van der Waals surface area (Å²) in [4.78, 5) is 24.1. The molecule has 2 aromatic rings. The van der Waals surface area contributed by atoms with Crippen LogP contribution in [0.1, 0.15) is 31.2 Å². The van der Waals surface area contributed by atoms with Gasteiger partial charge < -0.3 is 10.1 Å². The van der Waals surface area contributed by atoms with Crippen molar-refractivity contribution in [3.05, 3.63) is 51.0 Å². The van der Waals surface area contributed by atoms with Crippen LogP contribution in [0, 0.1) is 19.7 Å². The SMILES string of the molecule is COC(=O)c1scc(C)c1NC(=O)c1cccc(C)c1F. The van der Waals surface area contributed by atoms with E-state index in [0.717, 1.165) is 5.56 Å². The Hall–Kier alpha value is -2.21. The van der Waals surface area contributed by atoms with E-state index in [1.54, 1.807) is 31.4 Å². The fraction of sp³-hybridized carbons (Fsp3) is 0.200. The van der Waals surface area contributed by atoms with Gasteiger partial charge in [-0.2, -0.15) is 0 Å². The van der Waals surface area contributed by atoms with E-state index in [-0.39, 0.29) is 10.4 Å². The molecule has 0 aliphatic heterocycles. The third-order valence-electron chi connectivity index (χ3n) is 3.02. The Balaban J connectivity index is 2.34. The lowest BCUT2D eigenvalue weighted by Gasteiger charge is -2.09. The normalized spacial score (nSPS) is 10.3. The molecule has 0 atom stereocenters. The Bertz CT molecular complexity index is 709. The van der Waals surface area contributed by atoms with Crippen LogP contribution in [-0.4, -0.2) is 19.0 Å². The number of carbonyl (C=O) groups is 2. The first-order chi connectivity index (χ1) is 9.95. The molecule has 1 aromatic carbocycles. The molecule has 1 aromatic heterocycles. The summed E-state index contributed by atoms with van der Waals surface area (Å²) in [5.41, 5.74) is 1.41. The average molecular weight is 307 g/mol. The number of aryl methyl sites for hydroxylation is 2. The van der Waals surface area contributed by atoms with Crippen LogP contribution in [0.2, 0.25) is 0 Å². The number of halogens is 1. The molecule has 1 heterocycles. The van der Waals surface area contributed by atoms with Crippen molar-refractivity contribution in [2.45, 2.75) is 13.8 Å². The number of hydrogen-bond acceptors (Lipinski definition) is 4. The van der Waals surface area contributed by atoms with Crippen LogP contribution >= 0.6 is 11.3 Å². The fourth-order valence-electron chi connectivity index (χ4n) is 1.85. The number of carbonyl (C=O) groups excluding carboxylic acids is 2. The van der Waals surface area contributed by atoms with Crippen molar-refractivity contribution in [3.8, 4) is 0 Å².